The minimum Gasteiger partial charge on any atom is -0.497 e. The monoisotopic (exact) mass is 460 g/mol. The van der Waals surface area contributed by atoms with Gasteiger partial charge in [-0.25, -0.2) is 0 Å². The molecule has 0 aromatic heterocycles. The number of nitrogens with one attached hydrogen (secondary N) is 3. The first-order valence-electron chi connectivity index (χ1n) is 8.58. The number of benzene rings is 1. The summed E-state index contributed by atoms with van der Waals surface area (Å²) in [6, 6.07) is 8.17. The van der Waals surface area contributed by atoms with Gasteiger partial charge in [0, 0.05) is 19.6 Å². The predicted octanol–water partition coefficient (Wildman–Crippen LogP) is 2.43. The number of methoxy groups -OCH3 is 1. The molecule has 3 N–H and O–H groups in total. The van der Waals surface area contributed by atoms with Crippen LogP contribution in [0.15, 0.2) is 29.3 Å². The van der Waals surface area contributed by atoms with E-state index < -0.39 is 0 Å². The van der Waals surface area contributed by atoms with E-state index in [4.69, 9.17) is 4.74 Å². The molecule has 6 nitrogen and oxygen atoms in total. The molecule has 0 atom stereocenters. The smallest absolute Gasteiger partial charge is 0.239 e. The highest BCUT2D eigenvalue weighted by Crippen LogP contribution is 2.17. The molecular formula is C18H29IN4O2. The average molecular weight is 460 g/mol. The van der Waals surface area contributed by atoms with Gasteiger partial charge in [0.25, 0.3) is 0 Å². The highest BCUT2D eigenvalue weighted by atomic mass is 127. The van der Waals surface area contributed by atoms with Gasteiger partial charge in [0.1, 0.15) is 5.75 Å². The molecule has 0 bridgehead atoms. The molecule has 1 aromatic rings. The third-order valence-corrected chi connectivity index (χ3v) is 4.20. The van der Waals surface area contributed by atoms with Crippen LogP contribution in [0.3, 0.4) is 0 Å². The van der Waals surface area contributed by atoms with Crippen LogP contribution in [0.4, 0.5) is 0 Å². The summed E-state index contributed by atoms with van der Waals surface area (Å²) >= 11 is 0. The van der Waals surface area contributed by atoms with Gasteiger partial charge in [0.2, 0.25) is 5.91 Å². The SMILES string of the molecule is CN=C(NCC(=O)NC1CCCCC1)NCc1cccc(OC)c1.I. The Hall–Kier alpha value is -1.51. The molecule has 0 radical (unpaired) electrons. The second kappa shape index (κ2) is 11.9. The lowest BCUT2D eigenvalue weighted by atomic mass is 9.95. The quantitative estimate of drug-likeness (QED) is 0.347. The van der Waals surface area contributed by atoms with Crippen molar-refractivity contribution in [2.45, 2.75) is 44.7 Å². The molecule has 0 heterocycles. The van der Waals surface area contributed by atoms with Crippen molar-refractivity contribution in [1.82, 2.24) is 16.0 Å². The molecule has 1 fully saturated rings. The Labute approximate surface area is 167 Å². The number of guanidine groups is 1. The van der Waals surface area contributed by atoms with Crippen molar-refractivity contribution < 1.29 is 9.53 Å². The van der Waals surface area contributed by atoms with Gasteiger partial charge in [-0.3, -0.25) is 9.79 Å². The number of hydrogen-bond donors (Lipinski definition) is 3. The minimum absolute atomic E-state index is 0. The summed E-state index contributed by atoms with van der Waals surface area (Å²) in [4.78, 5) is 16.2. The third-order valence-electron chi connectivity index (χ3n) is 4.20. The van der Waals surface area contributed by atoms with Crippen LogP contribution in [0.2, 0.25) is 0 Å². The van der Waals surface area contributed by atoms with Crippen LogP contribution in [-0.4, -0.2) is 38.6 Å². The number of ether oxygens (including phenoxy) is 1. The standard InChI is InChI=1S/C18H28N4O2.HI/c1-19-18(20-12-14-7-6-10-16(11-14)24-2)21-13-17(23)22-15-8-4-3-5-9-15;/h6-7,10-11,15H,3-5,8-9,12-13H2,1-2H3,(H,22,23)(H2,19,20,21);1H. The number of hydrogen-bond acceptors (Lipinski definition) is 3. The maximum absolute atomic E-state index is 12.0. The zero-order valence-electron chi connectivity index (χ0n) is 15.0. The summed E-state index contributed by atoms with van der Waals surface area (Å²) in [5.74, 6) is 1.45. The maximum atomic E-state index is 12.0. The molecule has 1 amide bonds. The van der Waals surface area contributed by atoms with Gasteiger partial charge in [0.15, 0.2) is 5.96 Å². The zero-order valence-corrected chi connectivity index (χ0v) is 17.3. The van der Waals surface area contributed by atoms with E-state index >= 15 is 0 Å². The second-order valence-electron chi connectivity index (χ2n) is 6.03. The Balaban J connectivity index is 0.00000312. The van der Waals surface area contributed by atoms with Crippen molar-refractivity contribution in [3.8, 4) is 5.75 Å². The summed E-state index contributed by atoms with van der Waals surface area (Å²) < 4.78 is 5.21. The first-order valence-corrected chi connectivity index (χ1v) is 8.58. The molecule has 0 unspecified atom stereocenters. The largest absolute Gasteiger partial charge is 0.497 e. The average Bonchev–Trinajstić information content (AvgIpc) is 2.63. The first-order chi connectivity index (χ1) is 11.7. The van der Waals surface area contributed by atoms with Crippen molar-refractivity contribution >= 4 is 35.8 Å². The van der Waals surface area contributed by atoms with Gasteiger partial charge in [-0.15, -0.1) is 24.0 Å². The summed E-state index contributed by atoms with van der Waals surface area (Å²) in [6.07, 6.45) is 5.89. The maximum Gasteiger partial charge on any atom is 0.239 e. The predicted molar refractivity (Wildman–Crippen MR) is 112 cm³/mol. The van der Waals surface area contributed by atoms with Gasteiger partial charge in [-0.2, -0.15) is 0 Å². The number of amides is 1. The number of carbonyl (C=O) groups is 1. The lowest BCUT2D eigenvalue weighted by Crippen LogP contribution is -2.45. The van der Waals surface area contributed by atoms with Gasteiger partial charge in [-0.05, 0) is 30.5 Å². The Morgan fingerprint density at radius 2 is 2.00 bits per heavy atom. The minimum atomic E-state index is 0. The number of aliphatic imine (C=N–C) groups is 1. The lowest BCUT2D eigenvalue weighted by molar-refractivity contribution is -0.120. The van der Waals surface area contributed by atoms with Crippen LogP contribution >= 0.6 is 24.0 Å². The van der Waals surface area contributed by atoms with Crippen LogP contribution in [0.5, 0.6) is 5.75 Å². The molecule has 25 heavy (non-hydrogen) atoms. The topological polar surface area (TPSA) is 74.8 Å². The highest BCUT2D eigenvalue weighted by Gasteiger charge is 2.15. The van der Waals surface area contributed by atoms with E-state index in [2.05, 4.69) is 20.9 Å². The Morgan fingerprint density at radius 3 is 2.68 bits per heavy atom. The molecular weight excluding hydrogens is 431 g/mol. The van der Waals surface area contributed by atoms with Gasteiger partial charge in [-0.1, -0.05) is 31.4 Å². The van der Waals surface area contributed by atoms with Crippen molar-refractivity contribution in [3.63, 3.8) is 0 Å². The Kier molecular flexibility index (Phi) is 10.3. The van der Waals surface area contributed by atoms with E-state index in [0.29, 0.717) is 18.5 Å². The number of carbonyl (C=O) groups excluding carboxylic acids is 1. The normalized spacial score (nSPS) is 15.0. The van der Waals surface area contributed by atoms with Crippen LogP contribution in [-0.2, 0) is 11.3 Å². The van der Waals surface area contributed by atoms with E-state index in [-0.39, 0.29) is 36.4 Å². The summed E-state index contributed by atoms with van der Waals surface area (Å²) in [7, 11) is 3.35. The number of rotatable bonds is 6. The van der Waals surface area contributed by atoms with Crippen molar-refractivity contribution in [2.24, 2.45) is 4.99 Å². The van der Waals surface area contributed by atoms with E-state index in [9.17, 15) is 4.79 Å². The molecule has 1 aliphatic rings. The fraction of sp³-hybridized carbons (Fsp3) is 0.556. The highest BCUT2D eigenvalue weighted by molar-refractivity contribution is 14.0. The van der Waals surface area contributed by atoms with Crippen molar-refractivity contribution in [1.29, 1.82) is 0 Å². The Morgan fingerprint density at radius 1 is 1.24 bits per heavy atom. The van der Waals surface area contributed by atoms with Gasteiger partial charge >= 0.3 is 0 Å². The summed E-state index contributed by atoms with van der Waals surface area (Å²) in [5.41, 5.74) is 1.09. The lowest BCUT2D eigenvalue weighted by Gasteiger charge is -2.23. The first kappa shape index (κ1) is 21.5. The molecule has 1 saturated carbocycles. The molecule has 2 rings (SSSR count). The van der Waals surface area contributed by atoms with Gasteiger partial charge < -0.3 is 20.7 Å². The second-order valence-corrected chi connectivity index (χ2v) is 6.03. The van der Waals surface area contributed by atoms with Crippen LogP contribution < -0.4 is 20.7 Å². The number of nitrogens with zero attached hydrogens (tertiary/aromatic N) is 1. The third kappa shape index (κ3) is 7.94. The van der Waals surface area contributed by atoms with Crippen molar-refractivity contribution in [2.75, 3.05) is 20.7 Å². The molecule has 7 heteroatoms. The van der Waals surface area contributed by atoms with E-state index in [0.717, 1.165) is 24.2 Å². The van der Waals surface area contributed by atoms with E-state index in [1.807, 2.05) is 24.3 Å². The van der Waals surface area contributed by atoms with Crippen LogP contribution in [0.1, 0.15) is 37.7 Å². The van der Waals surface area contributed by atoms with Gasteiger partial charge in [0.05, 0.1) is 13.7 Å². The zero-order chi connectivity index (χ0) is 17.2. The molecule has 1 aromatic carbocycles. The fourth-order valence-corrected chi connectivity index (χ4v) is 2.88. The molecule has 140 valence electrons. The molecule has 0 aliphatic heterocycles. The molecule has 0 saturated heterocycles. The van der Waals surface area contributed by atoms with E-state index in [1.54, 1.807) is 14.2 Å². The molecule has 0 spiro atoms. The molecule has 1 aliphatic carbocycles. The van der Waals surface area contributed by atoms with Crippen LogP contribution in [0.25, 0.3) is 0 Å². The van der Waals surface area contributed by atoms with E-state index in [1.165, 1.54) is 19.3 Å². The number of halogens is 1. The fourth-order valence-electron chi connectivity index (χ4n) is 2.88. The Bertz CT molecular complexity index is 560. The van der Waals surface area contributed by atoms with Crippen molar-refractivity contribution in [3.05, 3.63) is 29.8 Å². The summed E-state index contributed by atoms with van der Waals surface area (Å²) in [6.45, 7) is 0.843. The summed E-state index contributed by atoms with van der Waals surface area (Å²) in [5, 5.41) is 9.34. The van der Waals surface area contributed by atoms with Crippen LogP contribution in [0, 0.1) is 0 Å².